The first-order chi connectivity index (χ1) is 14.5. The number of hydrogen-bond donors (Lipinski definition) is 0. The van der Waals surface area contributed by atoms with Crippen LogP contribution in [0.4, 0.5) is 4.39 Å². The maximum atomic E-state index is 13.3. The SMILES string of the molecule is Cc1ccc(C2=NN3C(C(=O)c4ccc(F)cc4)Oc4ccc(Br)cc4C3C2)cc1. The van der Waals surface area contributed by atoms with Gasteiger partial charge < -0.3 is 4.74 Å². The first kappa shape index (κ1) is 19.0. The Bertz CT molecular complexity index is 1160. The number of hydrazone groups is 1. The number of nitrogens with zero attached hydrogens (tertiary/aromatic N) is 2. The van der Waals surface area contributed by atoms with Crippen LogP contribution in [-0.4, -0.2) is 22.7 Å². The Morgan fingerprint density at radius 3 is 2.57 bits per heavy atom. The van der Waals surface area contributed by atoms with Gasteiger partial charge in [-0.2, -0.15) is 5.10 Å². The van der Waals surface area contributed by atoms with E-state index in [1.807, 2.05) is 37.3 Å². The summed E-state index contributed by atoms with van der Waals surface area (Å²) in [6.45, 7) is 2.04. The van der Waals surface area contributed by atoms with Gasteiger partial charge in [-0.25, -0.2) is 9.40 Å². The quantitative estimate of drug-likeness (QED) is 0.470. The average Bonchev–Trinajstić information content (AvgIpc) is 3.19. The fraction of sp³-hybridized carbons (Fsp3) is 0.167. The number of rotatable bonds is 3. The van der Waals surface area contributed by atoms with Crippen LogP contribution in [0.1, 0.15) is 39.5 Å². The molecule has 0 amide bonds. The molecule has 6 heteroatoms. The summed E-state index contributed by atoms with van der Waals surface area (Å²) in [5.74, 6) is 0.0350. The largest absolute Gasteiger partial charge is 0.461 e. The van der Waals surface area contributed by atoms with E-state index in [0.717, 1.165) is 21.3 Å². The molecule has 150 valence electrons. The number of halogens is 2. The lowest BCUT2D eigenvalue weighted by Gasteiger charge is -2.37. The Labute approximate surface area is 182 Å². The Morgan fingerprint density at radius 1 is 1.10 bits per heavy atom. The second-order valence-corrected chi connectivity index (χ2v) is 8.45. The van der Waals surface area contributed by atoms with Gasteiger partial charge in [-0.15, -0.1) is 0 Å². The fourth-order valence-electron chi connectivity index (χ4n) is 3.91. The molecule has 0 N–H and O–H groups in total. The zero-order chi connectivity index (χ0) is 20.8. The molecule has 0 aliphatic carbocycles. The van der Waals surface area contributed by atoms with Gasteiger partial charge in [-0.1, -0.05) is 45.8 Å². The van der Waals surface area contributed by atoms with Crippen molar-refractivity contribution in [3.8, 4) is 5.75 Å². The smallest absolute Gasteiger partial charge is 0.251 e. The van der Waals surface area contributed by atoms with Gasteiger partial charge in [0.25, 0.3) is 6.23 Å². The molecular formula is C24H18BrFN2O2. The van der Waals surface area contributed by atoms with Gasteiger partial charge in [0.2, 0.25) is 5.78 Å². The minimum absolute atomic E-state index is 0.114. The van der Waals surface area contributed by atoms with E-state index in [2.05, 4.69) is 28.1 Å². The highest BCUT2D eigenvalue weighted by atomic mass is 79.9. The second kappa shape index (κ2) is 7.36. The average molecular weight is 465 g/mol. The van der Waals surface area contributed by atoms with Crippen molar-refractivity contribution >= 4 is 27.4 Å². The number of ether oxygens (including phenoxy) is 1. The van der Waals surface area contributed by atoms with Crippen molar-refractivity contribution in [2.75, 3.05) is 0 Å². The minimum atomic E-state index is -0.905. The van der Waals surface area contributed by atoms with Gasteiger partial charge in [0.1, 0.15) is 11.6 Å². The van der Waals surface area contributed by atoms with Gasteiger partial charge in [-0.3, -0.25) is 4.79 Å². The number of carbonyl (C=O) groups is 1. The van der Waals surface area contributed by atoms with Crippen molar-refractivity contribution in [2.24, 2.45) is 5.10 Å². The van der Waals surface area contributed by atoms with Crippen LogP contribution in [-0.2, 0) is 0 Å². The number of carbonyl (C=O) groups excluding carboxylic acids is 1. The summed E-state index contributed by atoms with van der Waals surface area (Å²) >= 11 is 3.53. The molecule has 2 atom stereocenters. The molecule has 3 aromatic carbocycles. The number of benzene rings is 3. The van der Waals surface area contributed by atoms with Crippen LogP contribution < -0.4 is 4.74 Å². The Hall–Kier alpha value is -2.99. The van der Waals surface area contributed by atoms with Crippen molar-refractivity contribution in [3.63, 3.8) is 0 Å². The molecule has 5 rings (SSSR count). The third-order valence-corrected chi connectivity index (χ3v) is 5.98. The highest BCUT2D eigenvalue weighted by Crippen LogP contribution is 2.44. The molecule has 3 aromatic rings. The van der Waals surface area contributed by atoms with Crippen LogP contribution in [0.2, 0.25) is 0 Å². The van der Waals surface area contributed by atoms with Gasteiger partial charge in [0.15, 0.2) is 0 Å². The first-order valence-electron chi connectivity index (χ1n) is 9.68. The molecule has 30 heavy (non-hydrogen) atoms. The van der Waals surface area contributed by atoms with E-state index in [-0.39, 0.29) is 17.6 Å². The maximum absolute atomic E-state index is 13.3. The summed E-state index contributed by atoms with van der Waals surface area (Å²) in [6, 6.07) is 19.4. The number of aryl methyl sites for hydroxylation is 1. The predicted octanol–water partition coefficient (Wildman–Crippen LogP) is 5.65. The van der Waals surface area contributed by atoms with Crippen LogP contribution in [0, 0.1) is 12.7 Å². The zero-order valence-corrected chi connectivity index (χ0v) is 17.8. The molecule has 2 heterocycles. The van der Waals surface area contributed by atoms with Crippen LogP contribution in [0.5, 0.6) is 5.75 Å². The third-order valence-electron chi connectivity index (χ3n) is 5.49. The monoisotopic (exact) mass is 464 g/mol. The van der Waals surface area contributed by atoms with Gasteiger partial charge in [0, 0.05) is 22.0 Å². The Balaban J connectivity index is 1.57. The molecule has 0 fully saturated rings. The van der Waals surface area contributed by atoms with E-state index in [9.17, 15) is 9.18 Å². The summed E-state index contributed by atoms with van der Waals surface area (Å²) in [6.07, 6.45) is -0.236. The minimum Gasteiger partial charge on any atom is -0.461 e. The standard InChI is InChI=1S/C24H18BrFN2O2/c1-14-2-4-15(5-3-14)20-13-21-19-12-17(25)8-11-22(19)30-24(28(21)27-20)23(29)16-6-9-18(26)10-7-16/h2-12,21,24H,13H2,1H3. The van der Waals surface area contributed by atoms with E-state index in [1.54, 1.807) is 5.01 Å². The van der Waals surface area contributed by atoms with E-state index >= 15 is 0 Å². The van der Waals surface area contributed by atoms with E-state index in [0.29, 0.717) is 17.7 Å². The van der Waals surface area contributed by atoms with Crippen molar-refractivity contribution in [1.29, 1.82) is 0 Å². The lowest BCUT2D eigenvalue weighted by molar-refractivity contribution is -0.00459. The summed E-state index contributed by atoms with van der Waals surface area (Å²) < 4.78 is 20.4. The number of fused-ring (bicyclic) bond motifs is 3. The molecular weight excluding hydrogens is 447 g/mol. The molecule has 2 aliphatic rings. The van der Waals surface area contributed by atoms with Crippen LogP contribution in [0.3, 0.4) is 0 Å². The van der Waals surface area contributed by atoms with E-state index < -0.39 is 6.23 Å². The Kier molecular flexibility index (Phi) is 4.66. The number of ketones is 1. The lowest BCUT2D eigenvalue weighted by atomic mass is 9.95. The molecule has 0 saturated heterocycles. The van der Waals surface area contributed by atoms with Crippen LogP contribution in [0.15, 0.2) is 76.3 Å². The van der Waals surface area contributed by atoms with Gasteiger partial charge >= 0.3 is 0 Å². The van der Waals surface area contributed by atoms with E-state index in [4.69, 9.17) is 9.84 Å². The number of hydrogen-bond acceptors (Lipinski definition) is 4. The molecule has 4 nitrogen and oxygen atoms in total. The van der Waals surface area contributed by atoms with Gasteiger partial charge in [0.05, 0.1) is 11.8 Å². The number of Topliss-reactive ketones (excluding diaryl/α,β-unsaturated/α-hetero) is 1. The van der Waals surface area contributed by atoms with Crippen LogP contribution in [0.25, 0.3) is 0 Å². The molecule has 2 unspecified atom stereocenters. The van der Waals surface area contributed by atoms with E-state index in [1.165, 1.54) is 29.8 Å². The zero-order valence-electron chi connectivity index (χ0n) is 16.2. The normalized spacial score (nSPS) is 19.6. The molecule has 0 aromatic heterocycles. The highest BCUT2D eigenvalue weighted by molar-refractivity contribution is 9.10. The highest BCUT2D eigenvalue weighted by Gasteiger charge is 2.43. The van der Waals surface area contributed by atoms with Crippen molar-refractivity contribution in [1.82, 2.24) is 5.01 Å². The second-order valence-electron chi connectivity index (χ2n) is 7.54. The summed E-state index contributed by atoms with van der Waals surface area (Å²) in [5.41, 5.74) is 4.49. The third kappa shape index (κ3) is 3.31. The molecule has 0 bridgehead atoms. The summed E-state index contributed by atoms with van der Waals surface area (Å²) in [5, 5.41) is 6.54. The predicted molar refractivity (Wildman–Crippen MR) is 116 cm³/mol. The molecule has 2 aliphatic heterocycles. The first-order valence-corrected chi connectivity index (χ1v) is 10.5. The topological polar surface area (TPSA) is 41.9 Å². The molecule has 0 spiro atoms. The molecule has 0 radical (unpaired) electrons. The van der Waals surface area contributed by atoms with Crippen LogP contribution >= 0.6 is 15.9 Å². The summed E-state index contributed by atoms with van der Waals surface area (Å²) in [7, 11) is 0. The fourth-order valence-corrected chi connectivity index (χ4v) is 4.29. The molecule has 0 saturated carbocycles. The summed E-state index contributed by atoms with van der Waals surface area (Å²) in [4.78, 5) is 13.3. The lowest BCUT2D eigenvalue weighted by Crippen LogP contribution is -2.45. The van der Waals surface area contributed by atoms with Crippen molar-refractivity contribution in [3.05, 3.63) is 99.3 Å². The Morgan fingerprint density at radius 2 is 1.83 bits per heavy atom. The maximum Gasteiger partial charge on any atom is 0.251 e. The van der Waals surface area contributed by atoms with Crippen molar-refractivity contribution < 1.29 is 13.9 Å². The van der Waals surface area contributed by atoms with Gasteiger partial charge in [-0.05, 0) is 55.0 Å². The van der Waals surface area contributed by atoms with Crippen molar-refractivity contribution in [2.45, 2.75) is 25.6 Å².